The molecule has 2 heterocycles. The third kappa shape index (κ3) is 4.44. The number of hydrogen-bond acceptors (Lipinski definition) is 4. The zero-order valence-corrected chi connectivity index (χ0v) is 19.3. The molecule has 9 heteroatoms. The fraction of sp³-hybridized carbons (Fsp3) is 0.400. The predicted molar refractivity (Wildman–Crippen MR) is 124 cm³/mol. The number of fused-ring (bicyclic) bond motifs is 1. The molecule has 2 atom stereocenters. The highest BCUT2D eigenvalue weighted by molar-refractivity contribution is 5.94. The Hall–Kier alpha value is -3.20. The van der Waals surface area contributed by atoms with Gasteiger partial charge in [0.15, 0.2) is 0 Å². The lowest BCUT2D eigenvalue weighted by atomic mass is 10.0. The number of alkyl halides is 3. The Bertz CT molecular complexity index is 1270. The molecule has 0 aliphatic carbocycles. The second kappa shape index (κ2) is 9.21. The van der Waals surface area contributed by atoms with Gasteiger partial charge in [-0.3, -0.25) is 19.1 Å². The minimum Gasteiger partial charge on any atom is -0.333 e. The Morgan fingerprint density at radius 2 is 1.88 bits per heavy atom. The number of carbonyl (C=O) groups excluding carboxylic acids is 1. The van der Waals surface area contributed by atoms with Gasteiger partial charge in [-0.1, -0.05) is 25.1 Å². The number of nitrogens with zero attached hydrogens (tertiary/aromatic N) is 4. The van der Waals surface area contributed by atoms with Crippen molar-refractivity contribution >= 4 is 16.8 Å². The molecule has 0 bridgehead atoms. The van der Waals surface area contributed by atoms with E-state index in [1.165, 1.54) is 12.1 Å². The van der Waals surface area contributed by atoms with Gasteiger partial charge >= 0.3 is 6.18 Å². The molecular formula is C25H27F3N4O2. The Morgan fingerprint density at radius 1 is 1.15 bits per heavy atom. The smallest absolute Gasteiger partial charge is 0.333 e. The van der Waals surface area contributed by atoms with Gasteiger partial charge in [-0.2, -0.15) is 13.2 Å². The largest absolute Gasteiger partial charge is 0.416 e. The van der Waals surface area contributed by atoms with Crippen molar-refractivity contribution in [3.8, 4) is 0 Å². The topological polar surface area (TPSA) is 58.4 Å². The van der Waals surface area contributed by atoms with Crippen molar-refractivity contribution in [1.82, 2.24) is 19.4 Å². The van der Waals surface area contributed by atoms with Crippen molar-refractivity contribution < 1.29 is 18.0 Å². The molecule has 1 aliphatic heterocycles. The van der Waals surface area contributed by atoms with E-state index >= 15 is 0 Å². The Morgan fingerprint density at radius 3 is 2.56 bits per heavy atom. The summed E-state index contributed by atoms with van der Waals surface area (Å²) < 4.78 is 40.8. The molecular weight excluding hydrogens is 445 g/mol. The summed E-state index contributed by atoms with van der Waals surface area (Å²) in [5.41, 5.74) is -0.268. The molecule has 1 amide bonds. The van der Waals surface area contributed by atoms with Crippen LogP contribution in [0.4, 0.5) is 13.2 Å². The number of amides is 1. The van der Waals surface area contributed by atoms with Gasteiger partial charge in [-0.15, -0.1) is 0 Å². The van der Waals surface area contributed by atoms with Crippen molar-refractivity contribution in [2.24, 2.45) is 7.05 Å². The number of rotatable bonds is 4. The summed E-state index contributed by atoms with van der Waals surface area (Å²) in [6.45, 7) is 5.32. The zero-order valence-electron chi connectivity index (χ0n) is 19.3. The molecule has 3 aromatic rings. The highest BCUT2D eigenvalue weighted by Gasteiger charge is 2.35. The van der Waals surface area contributed by atoms with E-state index in [4.69, 9.17) is 4.98 Å². The highest BCUT2D eigenvalue weighted by atomic mass is 19.4. The molecule has 2 aromatic carbocycles. The van der Waals surface area contributed by atoms with Crippen molar-refractivity contribution in [3.05, 3.63) is 75.8 Å². The number of aromatic nitrogens is 2. The molecule has 0 spiro atoms. The first kappa shape index (κ1) is 23.9. The number of halogens is 3. The second-order valence-corrected chi connectivity index (χ2v) is 8.70. The van der Waals surface area contributed by atoms with E-state index in [0.29, 0.717) is 42.8 Å². The average molecular weight is 473 g/mol. The Kier molecular flexibility index (Phi) is 6.49. The van der Waals surface area contributed by atoms with Crippen molar-refractivity contribution in [3.63, 3.8) is 0 Å². The number of benzene rings is 2. The molecule has 4 rings (SSSR count). The Balaban J connectivity index is 1.56. The molecule has 1 aromatic heterocycles. The van der Waals surface area contributed by atoms with Crippen molar-refractivity contribution in [2.75, 3.05) is 19.6 Å². The summed E-state index contributed by atoms with van der Waals surface area (Å²) in [6.07, 6.45) is -3.79. The maximum atomic E-state index is 13.1. The first-order chi connectivity index (χ1) is 16.1. The third-order valence-corrected chi connectivity index (χ3v) is 6.50. The minimum atomic E-state index is -4.50. The molecule has 6 nitrogen and oxygen atoms in total. The number of carbonyl (C=O) groups is 1. The molecule has 1 fully saturated rings. The number of para-hydroxylation sites is 1. The molecule has 2 unspecified atom stereocenters. The van der Waals surface area contributed by atoms with E-state index in [0.717, 1.165) is 12.1 Å². The highest BCUT2D eigenvalue weighted by Crippen LogP contribution is 2.31. The van der Waals surface area contributed by atoms with Crippen LogP contribution in [0.25, 0.3) is 10.9 Å². The van der Waals surface area contributed by atoms with E-state index in [1.807, 2.05) is 32.0 Å². The first-order valence-corrected chi connectivity index (χ1v) is 11.3. The summed E-state index contributed by atoms with van der Waals surface area (Å²) in [4.78, 5) is 34.5. The van der Waals surface area contributed by atoms with Crippen LogP contribution in [0.5, 0.6) is 0 Å². The standard InChI is InChI=1S/C25H27F3N4O2/c1-4-21(22-29-20-11-6-5-10-19(20)24(34)30(22)3)31-12-13-32(16(2)15-31)23(33)17-8-7-9-18(14-17)25(26,27)28/h5-11,14,16,21H,4,12-13,15H2,1-3H3. The van der Waals surface area contributed by atoms with Gasteiger partial charge in [0.1, 0.15) is 5.82 Å². The SMILES string of the molecule is CCC(c1nc2ccccc2c(=O)n1C)N1CCN(C(=O)c2cccc(C(F)(F)F)c2)C(C)C1. The maximum absolute atomic E-state index is 13.1. The van der Waals surface area contributed by atoms with Crippen LogP contribution < -0.4 is 5.56 Å². The van der Waals surface area contributed by atoms with Crippen LogP contribution in [0.1, 0.15) is 48.1 Å². The summed E-state index contributed by atoms with van der Waals surface area (Å²) in [5, 5.41) is 0.563. The van der Waals surface area contributed by atoms with Gasteiger partial charge in [0, 0.05) is 38.3 Å². The van der Waals surface area contributed by atoms with Crippen LogP contribution in [0, 0.1) is 0 Å². The van der Waals surface area contributed by atoms with Gasteiger partial charge in [-0.25, -0.2) is 4.98 Å². The van der Waals surface area contributed by atoms with Crippen LogP contribution in [0.3, 0.4) is 0 Å². The lowest BCUT2D eigenvalue weighted by molar-refractivity contribution is -0.137. The fourth-order valence-electron chi connectivity index (χ4n) is 4.70. The summed E-state index contributed by atoms with van der Waals surface area (Å²) >= 11 is 0. The maximum Gasteiger partial charge on any atom is 0.416 e. The molecule has 180 valence electrons. The van der Waals surface area contributed by atoms with Gasteiger partial charge in [0.25, 0.3) is 11.5 Å². The normalized spacial score (nSPS) is 18.3. The van der Waals surface area contributed by atoms with E-state index in [1.54, 1.807) is 22.6 Å². The van der Waals surface area contributed by atoms with Crippen LogP contribution >= 0.6 is 0 Å². The quantitative estimate of drug-likeness (QED) is 0.570. The van der Waals surface area contributed by atoms with Crippen molar-refractivity contribution in [2.45, 2.75) is 38.5 Å². The van der Waals surface area contributed by atoms with Crippen LogP contribution in [-0.2, 0) is 13.2 Å². The molecule has 0 saturated carbocycles. The number of hydrogen-bond donors (Lipinski definition) is 0. The fourth-order valence-corrected chi connectivity index (χ4v) is 4.70. The van der Waals surface area contributed by atoms with E-state index in [-0.39, 0.29) is 23.2 Å². The van der Waals surface area contributed by atoms with Crippen LogP contribution in [0.2, 0.25) is 0 Å². The van der Waals surface area contributed by atoms with Gasteiger partial charge < -0.3 is 4.90 Å². The molecule has 1 saturated heterocycles. The van der Waals surface area contributed by atoms with E-state index < -0.39 is 17.6 Å². The molecule has 0 N–H and O–H groups in total. The lowest BCUT2D eigenvalue weighted by Crippen LogP contribution is -2.55. The first-order valence-electron chi connectivity index (χ1n) is 11.3. The second-order valence-electron chi connectivity index (χ2n) is 8.70. The van der Waals surface area contributed by atoms with Gasteiger partial charge in [0.05, 0.1) is 22.5 Å². The zero-order chi connectivity index (χ0) is 24.6. The van der Waals surface area contributed by atoms with Crippen LogP contribution in [0.15, 0.2) is 53.3 Å². The van der Waals surface area contributed by atoms with E-state index in [2.05, 4.69) is 4.90 Å². The van der Waals surface area contributed by atoms with E-state index in [9.17, 15) is 22.8 Å². The third-order valence-electron chi connectivity index (χ3n) is 6.50. The predicted octanol–water partition coefficient (Wildman–Crippen LogP) is 4.25. The van der Waals surface area contributed by atoms with Gasteiger partial charge in [-0.05, 0) is 43.7 Å². The lowest BCUT2D eigenvalue weighted by Gasteiger charge is -2.43. The summed E-state index contributed by atoms with van der Waals surface area (Å²) in [6, 6.07) is 11.4. The van der Waals surface area contributed by atoms with Crippen molar-refractivity contribution in [1.29, 1.82) is 0 Å². The Labute approximate surface area is 195 Å². The van der Waals surface area contributed by atoms with Crippen LogP contribution in [-0.4, -0.2) is 50.9 Å². The molecule has 34 heavy (non-hydrogen) atoms. The number of piperazine rings is 1. The summed E-state index contributed by atoms with van der Waals surface area (Å²) in [5.74, 6) is 0.249. The monoisotopic (exact) mass is 472 g/mol. The molecule has 0 radical (unpaired) electrons. The van der Waals surface area contributed by atoms with Gasteiger partial charge in [0.2, 0.25) is 0 Å². The molecule has 1 aliphatic rings. The average Bonchev–Trinajstić information content (AvgIpc) is 2.82. The minimum absolute atomic E-state index is 0.0285. The summed E-state index contributed by atoms with van der Waals surface area (Å²) in [7, 11) is 1.72.